The lowest BCUT2D eigenvalue weighted by Gasteiger charge is -2.05. The van der Waals surface area contributed by atoms with E-state index in [-0.39, 0.29) is 5.78 Å². The second kappa shape index (κ2) is 5.51. The molecule has 82 valence electrons. The monoisotopic (exact) mass is 289 g/mol. The third-order valence-electron chi connectivity index (χ3n) is 1.91. The summed E-state index contributed by atoms with van der Waals surface area (Å²) < 4.78 is 12.4. The largest absolute Gasteiger partial charge is 0.292 e. The van der Waals surface area contributed by atoms with Crippen LogP contribution in [0.1, 0.15) is 30.8 Å². The summed E-state index contributed by atoms with van der Waals surface area (Å²) in [7, 11) is -1.15. The fourth-order valence-corrected chi connectivity index (χ4v) is 2.56. The average molecular weight is 290 g/mol. The number of carbonyl (C=O) groups excluding carboxylic acids is 1. The molecule has 0 fully saturated rings. The van der Waals surface area contributed by atoms with Gasteiger partial charge < -0.3 is 0 Å². The van der Waals surface area contributed by atoms with Crippen molar-refractivity contribution in [2.45, 2.75) is 25.2 Å². The van der Waals surface area contributed by atoms with Gasteiger partial charge in [-0.2, -0.15) is 0 Å². The van der Waals surface area contributed by atoms with Gasteiger partial charge in [-0.3, -0.25) is 14.0 Å². The topological polar surface area (TPSA) is 47.0 Å². The van der Waals surface area contributed by atoms with Crippen molar-refractivity contribution in [2.24, 2.45) is 0 Å². The number of hydrogen-bond acceptors (Lipinski definition) is 3. The lowest BCUT2D eigenvalue weighted by molar-refractivity contribution is 0.0980. The smallest absolute Gasteiger partial charge is 0.182 e. The number of halogens is 1. The molecule has 1 rings (SSSR count). The molecule has 1 aromatic rings. The quantitative estimate of drug-likeness (QED) is 0.801. The number of aromatic nitrogens is 1. The van der Waals surface area contributed by atoms with Gasteiger partial charge in [0.25, 0.3) is 0 Å². The van der Waals surface area contributed by atoms with Crippen LogP contribution in [0.5, 0.6) is 0 Å². The summed E-state index contributed by atoms with van der Waals surface area (Å²) in [5.41, 5.74) is 0.334. The summed E-state index contributed by atoms with van der Waals surface area (Å²) >= 11 is 3.26. The van der Waals surface area contributed by atoms with Crippen LogP contribution in [0, 0.1) is 0 Å². The van der Waals surface area contributed by atoms with Gasteiger partial charge in [-0.05, 0) is 22.0 Å². The van der Waals surface area contributed by atoms with Gasteiger partial charge in [-0.15, -0.1) is 0 Å². The van der Waals surface area contributed by atoms with Crippen molar-refractivity contribution in [3.8, 4) is 0 Å². The number of Topliss-reactive ketones (excluding diaryl/α,β-unsaturated/α-hetero) is 1. The normalized spacial score (nSPS) is 12.5. The maximum atomic E-state index is 11.7. The highest BCUT2D eigenvalue weighted by molar-refractivity contribution is 9.10. The summed E-state index contributed by atoms with van der Waals surface area (Å²) in [6.07, 6.45) is 1.93. The van der Waals surface area contributed by atoms with Crippen molar-refractivity contribution in [1.82, 2.24) is 4.98 Å². The molecule has 0 bridgehead atoms. The Bertz CT molecular complexity index is 406. The van der Waals surface area contributed by atoms with Gasteiger partial charge in [0.2, 0.25) is 0 Å². The molecular weight excluding hydrogens is 278 g/mol. The van der Waals surface area contributed by atoms with E-state index in [1.165, 1.54) is 0 Å². The molecule has 0 N–H and O–H groups in total. The van der Waals surface area contributed by atoms with E-state index >= 15 is 0 Å². The maximum Gasteiger partial charge on any atom is 0.182 e. The van der Waals surface area contributed by atoms with Crippen LogP contribution in [-0.2, 0) is 10.8 Å². The van der Waals surface area contributed by atoms with Crippen LogP contribution in [0.25, 0.3) is 0 Å². The predicted octanol–water partition coefficient (Wildman–Crippen LogP) is 2.56. The van der Waals surface area contributed by atoms with Crippen molar-refractivity contribution in [3.05, 3.63) is 22.4 Å². The minimum absolute atomic E-state index is 0.0701. The Labute approximate surface area is 99.9 Å². The van der Waals surface area contributed by atoms with Gasteiger partial charge in [0.05, 0.1) is 15.7 Å². The first-order valence-corrected chi connectivity index (χ1v) is 6.78. The van der Waals surface area contributed by atoms with Gasteiger partial charge in [0.1, 0.15) is 5.69 Å². The molecule has 1 aromatic heterocycles. The molecule has 0 aromatic carbocycles. The highest BCUT2D eigenvalue weighted by atomic mass is 79.9. The van der Waals surface area contributed by atoms with Gasteiger partial charge in [0.15, 0.2) is 5.78 Å². The highest BCUT2D eigenvalue weighted by Gasteiger charge is 2.15. The summed E-state index contributed by atoms with van der Waals surface area (Å²) in [6, 6.07) is 1.70. The number of carbonyl (C=O) groups is 1. The van der Waals surface area contributed by atoms with Crippen LogP contribution in [-0.4, -0.2) is 20.7 Å². The van der Waals surface area contributed by atoms with Crippen molar-refractivity contribution >= 4 is 32.5 Å². The third-order valence-corrected chi connectivity index (χ3v) is 3.67. The molecule has 0 aliphatic rings. The van der Waals surface area contributed by atoms with Crippen LogP contribution >= 0.6 is 15.9 Å². The molecule has 3 nitrogen and oxygen atoms in total. The maximum absolute atomic E-state index is 11.7. The van der Waals surface area contributed by atoms with E-state index in [1.54, 1.807) is 19.2 Å². The third kappa shape index (κ3) is 2.95. The van der Waals surface area contributed by atoms with E-state index in [4.69, 9.17) is 0 Å². The summed E-state index contributed by atoms with van der Waals surface area (Å²) in [5.74, 6) is 0.418. The first-order valence-electron chi connectivity index (χ1n) is 4.67. The molecule has 0 spiro atoms. The number of nitrogens with zero attached hydrogens (tertiary/aromatic N) is 1. The zero-order valence-electron chi connectivity index (χ0n) is 8.62. The molecule has 15 heavy (non-hydrogen) atoms. The van der Waals surface area contributed by atoms with Crippen molar-refractivity contribution in [1.29, 1.82) is 0 Å². The van der Waals surface area contributed by atoms with E-state index in [1.807, 2.05) is 6.92 Å². The minimum atomic E-state index is -1.15. The predicted molar refractivity (Wildman–Crippen MR) is 63.5 cm³/mol. The van der Waals surface area contributed by atoms with E-state index in [9.17, 15) is 9.00 Å². The summed E-state index contributed by atoms with van der Waals surface area (Å²) in [4.78, 5) is 16.1. The van der Waals surface area contributed by atoms with Crippen LogP contribution < -0.4 is 0 Å². The first-order chi connectivity index (χ1) is 7.10. The van der Waals surface area contributed by atoms with Crippen LogP contribution in [0.3, 0.4) is 0 Å². The molecule has 0 saturated heterocycles. The molecule has 1 atom stereocenters. The van der Waals surface area contributed by atoms with Gasteiger partial charge >= 0.3 is 0 Å². The Morgan fingerprint density at radius 1 is 1.53 bits per heavy atom. The van der Waals surface area contributed by atoms with E-state index in [2.05, 4.69) is 20.9 Å². The highest BCUT2D eigenvalue weighted by Crippen LogP contribution is 2.18. The van der Waals surface area contributed by atoms with E-state index in [0.29, 0.717) is 22.8 Å². The Morgan fingerprint density at radius 2 is 2.20 bits per heavy atom. The summed E-state index contributed by atoms with van der Waals surface area (Å²) in [5, 5.41) is 0. The molecule has 0 saturated carbocycles. The Balaban J connectivity index is 3.26. The zero-order chi connectivity index (χ0) is 11.4. The fraction of sp³-hybridized carbons (Fsp3) is 0.400. The molecule has 5 heteroatoms. The van der Waals surface area contributed by atoms with Crippen molar-refractivity contribution in [3.63, 3.8) is 0 Å². The van der Waals surface area contributed by atoms with Crippen molar-refractivity contribution < 1.29 is 9.00 Å². The van der Waals surface area contributed by atoms with Gasteiger partial charge in [0, 0.05) is 22.8 Å². The standard InChI is InChI=1S/C10H12BrNO2S/c1-3-8(13)10-9(15(14)4-2)5-7(11)6-12-10/h5-6H,3-4H2,1-2H3. The number of pyridine rings is 1. The Kier molecular flexibility index (Phi) is 4.60. The lowest BCUT2D eigenvalue weighted by Crippen LogP contribution is -2.08. The lowest BCUT2D eigenvalue weighted by atomic mass is 10.2. The van der Waals surface area contributed by atoms with Crippen LogP contribution in [0.2, 0.25) is 0 Å². The SMILES string of the molecule is CCC(=O)c1ncc(Br)cc1S(=O)CC. The molecule has 0 amide bonds. The zero-order valence-corrected chi connectivity index (χ0v) is 11.0. The van der Waals surface area contributed by atoms with E-state index in [0.717, 1.165) is 4.47 Å². The molecule has 1 unspecified atom stereocenters. The molecule has 0 radical (unpaired) electrons. The van der Waals surface area contributed by atoms with E-state index < -0.39 is 10.8 Å². The van der Waals surface area contributed by atoms with Gasteiger partial charge in [-0.1, -0.05) is 13.8 Å². The number of hydrogen-bond donors (Lipinski definition) is 0. The number of rotatable bonds is 4. The minimum Gasteiger partial charge on any atom is -0.292 e. The second-order valence-corrected chi connectivity index (χ2v) is 5.54. The van der Waals surface area contributed by atoms with Crippen LogP contribution in [0.15, 0.2) is 21.6 Å². The van der Waals surface area contributed by atoms with Crippen LogP contribution in [0.4, 0.5) is 0 Å². The first kappa shape index (κ1) is 12.5. The van der Waals surface area contributed by atoms with Crippen molar-refractivity contribution in [2.75, 3.05) is 5.75 Å². The molecular formula is C10H12BrNO2S. The second-order valence-electron chi connectivity index (χ2n) is 2.91. The Morgan fingerprint density at radius 3 is 2.73 bits per heavy atom. The molecule has 1 heterocycles. The fourth-order valence-electron chi connectivity index (χ4n) is 1.13. The average Bonchev–Trinajstić information content (AvgIpc) is 2.26. The number of ketones is 1. The summed E-state index contributed by atoms with van der Waals surface area (Å²) in [6.45, 7) is 3.59. The molecule has 0 aliphatic heterocycles. The van der Waals surface area contributed by atoms with Gasteiger partial charge in [-0.25, -0.2) is 0 Å². The Hall–Kier alpha value is -0.550. The molecule has 0 aliphatic carbocycles.